The maximum Gasteiger partial charge on any atom is 0.128 e. The van der Waals surface area contributed by atoms with Crippen LogP contribution in [0.2, 0.25) is 0 Å². The van der Waals surface area contributed by atoms with E-state index < -0.39 is 0 Å². The molecule has 2 aromatic rings. The van der Waals surface area contributed by atoms with Crippen molar-refractivity contribution >= 4 is 0 Å². The van der Waals surface area contributed by atoms with E-state index in [4.69, 9.17) is 5.73 Å². The molecule has 2 N–H and O–H groups in total. The topological polar surface area (TPSA) is 29.3 Å². The fourth-order valence-electron chi connectivity index (χ4n) is 3.63. The molecule has 23 heavy (non-hydrogen) atoms. The van der Waals surface area contributed by atoms with Gasteiger partial charge in [0.1, 0.15) is 5.82 Å². The highest BCUT2D eigenvalue weighted by Crippen LogP contribution is 2.29. The number of benzene rings is 2. The number of nitrogens with zero attached hydrogens (tertiary/aromatic N) is 1. The van der Waals surface area contributed by atoms with Gasteiger partial charge in [0, 0.05) is 18.2 Å². The number of halogens is 1. The summed E-state index contributed by atoms with van der Waals surface area (Å²) in [5.74, 6) is 0.571. The van der Waals surface area contributed by atoms with E-state index in [0.717, 1.165) is 37.9 Å². The molecule has 1 unspecified atom stereocenters. The van der Waals surface area contributed by atoms with Crippen LogP contribution in [0, 0.1) is 11.7 Å². The van der Waals surface area contributed by atoms with Gasteiger partial charge in [-0.05, 0) is 49.9 Å². The predicted molar refractivity (Wildman–Crippen MR) is 92.6 cm³/mol. The first-order valence-corrected chi connectivity index (χ1v) is 8.50. The van der Waals surface area contributed by atoms with Crippen LogP contribution in [0.3, 0.4) is 0 Å². The van der Waals surface area contributed by atoms with E-state index in [2.05, 4.69) is 35.2 Å². The lowest BCUT2D eigenvalue weighted by molar-refractivity contribution is 0.133. The highest BCUT2D eigenvalue weighted by Gasteiger charge is 2.26. The second-order valence-corrected chi connectivity index (χ2v) is 6.44. The van der Waals surface area contributed by atoms with Gasteiger partial charge in [0.15, 0.2) is 0 Å². The van der Waals surface area contributed by atoms with Crippen molar-refractivity contribution in [2.75, 3.05) is 19.6 Å². The summed E-state index contributed by atoms with van der Waals surface area (Å²) >= 11 is 0. The van der Waals surface area contributed by atoms with Crippen molar-refractivity contribution in [1.82, 2.24) is 4.90 Å². The summed E-state index contributed by atoms with van der Waals surface area (Å²) in [7, 11) is 0. The molecule has 0 amide bonds. The fraction of sp³-hybridized carbons (Fsp3) is 0.400. The lowest BCUT2D eigenvalue weighted by atomic mass is 9.89. The Morgan fingerprint density at radius 3 is 2.30 bits per heavy atom. The van der Waals surface area contributed by atoms with Gasteiger partial charge in [0.05, 0.1) is 0 Å². The maximum absolute atomic E-state index is 14.1. The zero-order valence-electron chi connectivity index (χ0n) is 13.5. The molecule has 1 heterocycles. The molecule has 2 aromatic carbocycles. The number of hydrogen-bond donors (Lipinski definition) is 1. The largest absolute Gasteiger partial charge is 0.329 e. The lowest BCUT2D eigenvalue weighted by Crippen LogP contribution is -2.40. The smallest absolute Gasteiger partial charge is 0.128 e. The average Bonchev–Trinajstić information content (AvgIpc) is 2.59. The highest BCUT2D eigenvalue weighted by atomic mass is 19.1. The average molecular weight is 312 g/mol. The van der Waals surface area contributed by atoms with Gasteiger partial charge >= 0.3 is 0 Å². The second-order valence-electron chi connectivity index (χ2n) is 6.44. The Morgan fingerprint density at radius 1 is 1.00 bits per heavy atom. The molecule has 0 aromatic heterocycles. The molecule has 2 nitrogen and oxygen atoms in total. The maximum atomic E-state index is 14.1. The van der Waals surface area contributed by atoms with Gasteiger partial charge in [-0.15, -0.1) is 0 Å². The van der Waals surface area contributed by atoms with Gasteiger partial charge in [-0.1, -0.05) is 48.5 Å². The van der Waals surface area contributed by atoms with Gasteiger partial charge < -0.3 is 5.73 Å². The van der Waals surface area contributed by atoms with Crippen LogP contribution in [0.5, 0.6) is 0 Å². The van der Waals surface area contributed by atoms with E-state index in [1.54, 1.807) is 6.07 Å². The Hall–Kier alpha value is -1.71. The molecule has 1 saturated heterocycles. The number of hydrogen-bond acceptors (Lipinski definition) is 2. The molecular weight excluding hydrogens is 287 g/mol. The molecule has 0 saturated carbocycles. The van der Waals surface area contributed by atoms with Gasteiger partial charge in [-0.25, -0.2) is 4.39 Å². The fourth-order valence-corrected chi connectivity index (χ4v) is 3.63. The Morgan fingerprint density at radius 2 is 1.65 bits per heavy atom. The minimum atomic E-state index is -0.144. The third-order valence-electron chi connectivity index (χ3n) is 4.94. The number of likely N-dealkylation sites (tertiary alicyclic amines) is 1. The Balaban J connectivity index is 1.60. The molecule has 1 aliphatic rings. The van der Waals surface area contributed by atoms with Gasteiger partial charge in [-0.3, -0.25) is 4.90 Å². The van der Waals surface area contributed by atoms with Crippen LogP contribution in [0.25, 0.3) is 0 Å². The van der Waals surface area contributed by atoms with Crippen molar-refractivity contribution in [3.05, 3.63) is 71.5 Å². The van der Waals surface area contributed by atoms with E-state index in [0.29, 0.717) is 12.5 Å². The van der Waals surface area contributed by atoms with Crippen molar-refractivity contribution in [1.29, 1.82) is 0 Å². The molecule has 0 aliphatic carbocycles. The molecule has 3 heteroatoms. The summed E-state index contributed by atoms with van der Waals surface area (Å²) in [5, 5.41) is 0. The minimum absolute atomic E-state index is 0.00567. The van der Waals surface area contributed by atoms with Crippen molar-refractivity contribution in [3.63, 3.8) is 0 Å². The van der Waals surface area contributed by atoms with Gasteiger partial charge in [0.25, 0.3) is 0 Å². The van der Waals surface area contributed by atoms with Crippen LogP contribution < -0.4 is 5.73 Å². The van der Waals surface area contributed by atoms with Crippen molar-refractivity contribution in [3.8, 4) is 0 Å². The van der Waals surface area contributed by atoms with Crippen LogP contribution in [0.15, 0.2) is 54.6 Å². The summed E-state index contributed by atoms with van der Waals surface area (Å²) in [4.78, 5) is 2.35. The molecular formula is C20H25FN2. The first-order valence-electron chi connectivity index (χ1n) is 8.50. The Kier molecular flexibility index (Phi) is 5.42. The van der Waals surface area contributed by atoms with E-state index in [9.17, 15) is 4.39 Å². The summed E-state index contributed by atoms with van der Waals surface area (Å²) in [5.41, 5.74) is 8.10. The van der Waals surface area contributed by atoms with Crippen molar-refractivity contribution < 1.29 is 4.39 Å². The van der Waals surface area contributed by atoms with Crippen LogP contribution in [0.4, 0.5) is 4.39 Å². The van der Waals surface area contributed by atoms with Crippen molar-refractivity contribution in [2.24, 2.45) is 11.7 Å². The first-order chi connectivity index (χ1) is 11.3. The monoisotopic (exact) mass is 312 g/mol. The minimum Gasteiger partial charge on any atom is -0.329 e. The van der Waals surface area contributed by atoms with Crippen LogP contribution >= 0.6 is 0 Å². The van der Waals surface area contributed by atoms with Crippen LogP contribution in [-0.4, -0.2) is 24.5 Å². The van der Waals surface area contributed by atoms with Crippen molar-refractivity contribution in [2.45, 2.75) is 25.3 Å². The van der Waals surface area contributed by atoms with E-state index in [1.165, 1.54) is 11.6 Å². The molecule has 0 bridgehead atoms. The van der Waals surface area contributed by atoms with Gasteiger partial charge in [-0.2, -0.15) is 0 Å². The number of nitrogens with two attached hydrogens (primary N) is 1. The van der Waals surface area contributed by atoms with Crippen LogP contribution in [0.1, 0.15) is 30.0 Å². The SMILES string of the molecule is NCC(c1ccccc1F)N1CCC(Cc2ccccc2)CC1. The molecule has 0 radical (unpaired) electrons. The molecule has 122 valence electrons. The highest BCUT2D eigenvalue weighted by molar-refractivity contribution is 5.22. The standard InChI is InChI=1S/C20H25FN2/c21-19-9-5-4-8-18(19)20(15-22)23-12-10-17(11-13-23)14-16-6-2-1-3-7-16/h1-9,17,20H,10-15,22H2. The summed E-state index contributed by atoms with van der Waals surface area (Å²) in [6, 6.07) is 17.7. The molecule has 3 rings (SSSR count). The zero-order valence-corrected chi connectivity index (χ0v) is 13.5. The van der Waals surface area contributed by atoms with E-state index >= 15 is 0 Å². The number of rotatable bonds is 5. The molecule has 1 atom stereocenters. The third-order valence-corrected chi connectivity index (χ3v) is 4.94. The predicted octanol–water partition coefficient (Wildman–Crippen LogP) is 3.78. The molecule has 1 aliphatic heterocycles. The second kappa shape index (κ2) is 7.71. The summed E-state index contributed by atoms with van der Waals surface area (Å²) in [6.07, 6.45) is 3.45. The zero-order chi connectivity index (χ0) is 16.1. The van der Waals surface area contributed by atoms with Crippen LogP contribution in [-0.2, 0) is 6.42 Å². The van der Waals surface area contributed by atoms with E-state index in [1.807, 2.05) is 12.1 Å². The first kappa shape index (κ1) is 16.2. The summed E-state index contributed by atoms with van der Waals surface area (Å²) in [6.45, 7) is 2.45. The normalized spacial score (nSPS) is 18.0. The number of piperidine rings is 1. The Bertz CT molecular complexity index is 606. The lowest BCUT2D eigenvalue weighted by Gasteiger charge is -2.37. The summed E-state index contributed by atoms with van der Waals surface area (Å²) < 4.78 is 14.1. The molecule has 1 fully saturated rings. The van der Waals surface area contributed by atoms with Gasteiger partial charge in [0.2, 0.25) is 0 Å². The third kappa shape index (κ3) is 3.98. The van der Waals surface area contributed by atoms with E-state index in [-0.39, 0.29) is 11.9 Å². The quantitative estimate of drug-likeness (QED) is 0.910. The Labute approximate surface area is 138 Å². The molecule has 0 spiro atoms.